The zero-order chi connectivity index (χ0) is 10.1. The Balaban J connectivity index is 3.01. The van der Waals surface area contributed by atoms with Crippen LogP contribution in [0.5, 0.6) is 5.75 Å². The number of aryl methyl sites for hydroxylation is 1. The van der Waals surface area contributed by atoms with Crippen molar-refractivity contribution in [2.24, 2.45) is 0 Å². The highest BCUT2D eigenvalue weighted by Gasteiger charge is 2.17. The van der Waals surface area contributed by atoms with Crippen molar-refractivity contribution in [2.75, 3.05) is 0 Å². The summed E-state index contributed by atoms with van der Waals surface area (Å²) >= 11 is 0. The molecule has 0 atom stereocenters. The Bertz CT molecular complexity index is 349. The first-order valence-corrected chi connectivity index (χ1v) is 7.58. The van der Waals surface area contributed by atoms with Crippen molar-refractivity contribution in [2.45, 2.75) is 26.6 Å². The molecule has 0 unspecified atom stereocenters. The van der Waals surface area contributed by atoms with E-state index in [1.54, 1.807) is 0 Å². The fourth-order valence-corrected chi connectivity index (χ4v) is 1.78. The van der Waals surface area contributed by atoms with Crippen molar-refractivity contribution in [3.63, 3.8) is 0 Å². The highest BCUT2D eigenvalue weighted by Crippen LogP contribution is 2.18. The summed E-state index contributed by atoms with van der Waals surface area (Å²) in [5.41, 5.74) is 0.501. The number of hydrogen-bond donors (Lipinski definition) is 0. The third kappa shape index (κ3) is 3.06. The summed E-state index contributed by atoms with van der Waals surface area (Å²) in [7, 11) is -1.63. The summed E-state index contributed by atoms with van der Waals surface area (Å²) in [5.74, 6) is 0.649. The predicted octanol–water partition coefficient (Wildman–Crippen LogP) is 2.16. The van der Waals surface area contributed by atoms with Crippen LogP contribution in [-0.2, 0) is 0 Å². The Morgan fingerprint density at radius 2 is 2.00 bits per heavy atom. The molecular formula is C9H14O3Si. The van der Waals surface area contributed by atoms with E-state index < -0.39 is 8.32 Å². The van der Waals surface area contributed by atoms with Gasteiger partial charge in [-0.15, -0.1) is 0 Å². The monoisotopic (exact) mass is 198 g/mol. The maximum absolute atomic E-state index is 10.9. The highest BCUT2D eigenvalue weighted by molar-refractivity contribution is 6.70. The van der Waals surface area contributed by atoms with Crippen molar-refractivity contribution >= 4 is 8.32 Å². The van der Waals surface area contributed by atoms with Crippen LogP contribution in [0.3, 0.4) is 0 Å². The van der Waals surface area contributed by atoms with E-state index in [-0.39, 0.29) is 5.63 Å². The first-order valence-electron chi connectivity index (χ1n) is 4.17. The Kier molecular flexibility index (Phi) is 2.61. The van der Waals surface area contributed by atoms with Crippen LogP contribution in [0, 0.1) is 6.92 Å². The van der Waals surface area contributed by atoms with Crippen LogP contribution in [0.25, 0.3) is 0 Å². The summed E-state index contributed by atoms with van der Waals surface area (Å²) in [6, 6.07) is 1.40. The molecule has 0 aliphatic rings. The van der Waals surface area contributed by atoms with Crippen LogP contribution >= 0.6 is 0 Å². The van der Waals surface area contributed by atoms with Crippen molar-refractivity contribution < 1.29 is 8.84 Å². The first-order chi connectivity index (χ1) is 5.88. The second-order valence-electron chi connectivity index (χ2n) is 3.96. The lowest BCUT2D eigenvalue weighted by molar-refractivity contribution is 0.480. The molecule has 0 amide bonds. The van der Waals surface area contributed by atoms with Gasteiger partial charge in [-0.2, -0.15) is 0 Å². The van der Waals surface area contributed by atoms with Gasteiger partial charge in [-0.3, -0.25) is 0 Å². The fourth-order valence-electron chi connectivity index (χ4n) is 0.899. The van der Waals surface area contributed by atoms with Crippen LogP contribution in [0.2, 0.25) is 19.6 Å². The molecule has 0 saturated heterocycles. The summed E-state index contributed by atoms with van der Waals surface area (Å²) in [4.78, 5) is 10.9. The molecule has 0 fully saturated rings. The number of hydrogen-bond acceptors (Lipinski definition) is 3. The first kappa shape index (κ1) is 10.1. The minimum absolute atomic E-state index is 0.362. The van der Waals surface area contributed by atoms with Crippen LogP contribution in [0.4, 0.5) is 0 Å². The molecule has 0 N–H and O–H groups in total. The summed E-state index contributed by atoms with van der Waals surface area (Å²) in [6.45, 7) is 8.07. The molecule has 0 radical (unpaired) electrons. The molecule has 13 heavy (non-hydrogen) atoms. The molecule has 1 heterocycles. The van der Waals surface area contributed by atoms with Gasteiger partial charge in [0.15, 0.2) is 0 Å². The quantitative estimate of drug-likeness (QED) is 0.684. The third-order valence-electron chi connectivity index (χ3n) is 1.41. The largest absolute Gasteiger partial charge is 0.544 e. The summed E-state index contributed by atoms with van der Waals surface area (Å²) in [5, 5.41) is 0. The highest BCUT2D eigenvalue weighted by atomic mass is 28.4. The SMILES string of the molecule is Cc1coc(=O)cc1O[Si](C)(C)C. The lowest BCUT2D eigenvalue weighted by Crippen LogP contribution is -2.30. The van der Waals surface area contributed by atoms with Crippen LogP contribution in [0.15, 0.2) is 21.5 Å². The van der Waals surface area contributed by atoms with Gasteiger partial charge in [0.05, 0.1) is 6.07 Å². The maximum atomic E-state index is 10.9. The molecule has 1 aromatic heterocycles. The van der Waals surface area contributed by atoms with Gasteiger partial charge in [0.2, 0.25) is 8.32 Å². The van der Waals surface area contributed by atoms with Gasteiger partial charge in [0.1, 0.15) is 12.0 Å². The Labute approximate surface area is 78.5 Å². The van der Waals surface area contributed by atoms with Crippen molar-refractivity contribution in [3.05, 3.63) is 28.3 Å². The Hall–Kier alpha value is -1.03. The molecule has 3 nitrogen and oxygen atoms in total. The van der Waals surface area contributed by atoms with E-state index in [0.717, 1.165) is 5.56 Å². The van der Waals surface area contributed by atoms with Crippen LogP contribution < -0.4 is 10.1 Å². The van der Waals surface area contributed by atoms with Gasteiger partial charge in [0.25, 0.3) is 0 Å². The lowest BCUT2D eigenvalue weighted by Gasteiger charge is -2.19. The molecular weight excluding hydrogens is 184 g/mol. The molecule has 0 aromatic carbocycles. The van der Waals surface area contributed by atoms with Crippen molar-refractivity contribution in [3.8, 4) is 5.75 Å². The molecule has 72 valence electrons. The predicted molar refractivity (Wildman–Crippen MR) is 53.7 cm³/mol. The van der Waals surface area contributed by atoms with E-state index in [1.807, 2.05) is 6.92 Å². The molecule has 0 bridgehead atoms. The summed E-state index contributed by atoms with van der Waals surface area (Å²) in [6.07, 6.45) is 1.43. The molecule has 0 aliphatic heterocycles. The van der Waals surface area contributed by atoms with Gasteiger partial charge < -0.3 is 8.84 Å². The lowest BCUT2D eigenvalue weighted by atomic mass is 10.3. The zero-order valence-corrected chi connectivity index (χ0v) is 9.38. The van der Waals surface area contributed by atoms with E-state index in [4.69, 9.17) is 8.84 Å². The number of rotatable bonds is 2. The van der Waals surface area contributed by atoms with Crippen molar-refractivity contribution in [1.29, 1.82) is 0 Å². The van der Waals surface area contributed by atoms with E-state index >= 15 is 0 Å². The molecule has 0 spiro atoms. The second-order valence-corrected chi connectivity index (χ2v) is 8.39. The smallest absolute Gasteiger partial charge is 0.339 e. The normalized spacial score (nSPS) is 11.4. The molecule has 0 saturated carbocycles. The Morgan fingerprint density at radius 3 is 2.54 bits per heavy atom. The minimum atomic E-state index is -1.63. The minimum Gasteiger partial charge on any atom is -0.544 e. The van der Waals surface area contributed by atoms with Crippen LogP contribution in [-0.4, -0.2) is 8.32 Å². The van der Waals surface area contributed by atoms with Gasteiger partial charge >= 0.3 is 5.63 Å². The summed E-state index contributed by atoms with van der Waals surface area (Å²) < 4.78 is 10.4. The van der Waals surface area contributed by atoms with E-state index in [9.17, 15) is 4.79 Å². The molecule has 1 rings (SSSR count). The fraction of sp³-hybridized carbons (Fsp3) is 0.444. The van der Waals surface area contributed by atoms with E-state index in [1.165, 1.54) is 12.3 Å². The van der Waals surface area contributed by atoms with Gasteiger partial charge in [-0.05, 0) is 26.6 Å². The molecule has 4 heteroatoms. The molecule has 0 aliphatic carbocycles. The van der Waals surface area contributed by atoms with E-state index in [2.05, 4.69) is 19.6 Å². The average molecular weight is 198 g/mol. The topological polar surface area (TPSA) is 39.4 Å². The third-order valence-corrected chi connectivity index (χ3v) is 2.24. The van der Waals surface area contributed by atoms with Gasteiger partial charge in [-0.25, -0.2) is 4.79 Å². The van der Waals surface area contributed by atoms with Crippen molar-refractivity contribution in [1.82, 2.24) is 0 Å². The maximum Gasteiger partial charge on any atom is 0.339 e. The standard InChI is InChI=1S/C9H14O3Si/c1-7-6-11-9(10)5-8(7)12-13(2,3)4/h5-6H,1-4H3. The second kappa shape index (κ2) is 3.37. The van der Waals surface area contributed by atoms with Gasteiger partial charge in [-0.1, -0.05) is 0 Å². The zero-order valence-electron chi connectivity index (χ0n) is 8.38. The van der Waals surface area contributed by atoms with E-state index in [0.29, 0.717) is 5.75 Å². The van der Waals surface area contributed by atoms with Gasteiger partial charge in [0, 0.05) is 5.56 Å². The average Bonchev–Trinajstić information content (AvgIpc) is 1.94. The Morgan fingerprint density at radius 1 is 1.38 bits per heavy atom. The molecule has 1 aromatic rings. The van der Waals surface area contributed by atoms with Crippen LogP contribution in [0.1, 0.15) is 5.56 Å².